The minimum absolute atomic E-state index is 0.931. The van der Waals surface area contributed by atoms with Crippen molar-refractivity contribution in [2.45, 2.75) is 34.1 Å². The first-order valence-corrected chi connectivity index (χ1v) is 12.7. The van der Waals surface area contributed by atoms with E-state index in [1.54, 1.807) is 0 Å². The van der Waals surface area contributed by atoms with Crippen molar-refractivity contribution in [3.8, 4) is 0 Å². The van der Waals surface area contributed by atoms with Crippen LogP contribution >= 0.6 is 0 Å². The van der Waals surface area contributed by atoms with Crippen molar-refractivity contribution in [2.24, 2.45) is 0 Å². The maximum absolute atomic E-state index is 3.68. The molecule has 0 aliphatic carbocycles. The Morgan fingerprint density at radius 3 is 1.31 bits per heavy atom. The van der Waals surface area contributed by atoms with Gasteiger partial charge in [-0.15, -0.1) is 16.4 Å². The Morgan fingerprint density at radius 2 is 0.886 bits per heavy atom. The first-order valence-electron chi connectivity index (χ1n) is 12.7. The molecule has 0 aromatic heterocycles. The molecule has 0 fully saturated rings. The highest BCUT2D eigenvalue weighted by Crippen LogP contribution is 2.42. The average Bonchev–Trinajstić information content (AvgIpc) is 2.86. The molecule has 0 unspecified atom stereocenters. The predicted molar refractivity (Wildman–Crippen MR) is 153 cm³/mol. The Kier molecular flexibility index (Phi) is 6.25. The molecular weight excluding hydrogens is 423 g/mol. The van der Waals surface area contributed by atoms with E-state index in [0.29, 0.717) is 0 Å². The summed E-state index contributed by atoms with van der Waals surface area (Å²) in [6.07, 6.45) is -0.438. The normalized spacial score (nSPS) is 15.9. The molecule has 0 saturated heterocycles. The second kappa shape index (κ2) is 9.36. The van der Waals surface area contributed by atoms with E-state index in [4.69, 9.17) is 0 Å². The van der Waals surface area contributed by atoms with E-state index in [2.05, 4.69) is 136 Å². The van der Waals surface area contributed by atoms with E-state index >= 15 is 0 Å². The highest BCUT2D eigenvalue weighted by atomic mass is 16.6. The molecular formula is C33H35BO. The van der Waals surface area contributed by atoms with Gasteiger partial charge in [0, 0.05) is 6.42 Å². The van der Waals surface area contributed by atoms with Gasteiger partial charge in [0.15, 0.2) is 0 Å². The van der Waals surface area contributed by atoms with Crippen molar-refractivity contribution in [3.63, 3.8) is 0 Å². The molecule has 0 saturated carbocycles. The Balaban J connectivity index is 1.92. The highest BCUT2D eigenvalue weighted by molar-refractivity contribution is 7.12. The number of aryl methyl sites for hydroxylation is 4. The molecule has 1 aliphatic rings. The Morgan fingerprint density at radius 1 is 0.514 bits per heavy atom. The van der Waals surface area contributed by atoms with E-state index in [0.717, 1.165) is 13.0 Å². The van der Waals surface area contributed by atoms with Crippen molar-refractivity contribution in [1.82, 2.24) is 0 Å². The van der Waals surface area contributed by atoms with Gasteiger partial charge in [-0.25, -0.2) is 0 Å². The van der Waals surface area contributed by atoms with Gasteiger partial charge in [0.05, 0.1) is 7.11 Å². The maximum atomic E-state index is 3.68. The Labute approximate surface area is 210 Å². The maximum Gasteiger partial charge on any atom is 0.377 e. The van der Waals surface area contributed by atoms with E-state index in [1.165, 1.54) is 55.4 Å². The number of benzene rings is 4. The van der Waals surface area contributed by atoms with Crippen LogP contribution in [0.2, 0.25) is 0 Å². The van der Waals surface area contributed by atoms with Crippen LogP contribution in [0, 0.1) is 27.7 Å². The summed E-state index contributed by atoms with van der Waals surface area (Å²) in [5.41, 5.74) is 13.3. The lowest BCUT2D eigenvalue weighted by Crippen LogP contribution is -2.68. The molecule has 1 nitrogen and oxygen atoms in total. The number of rotatable bonds is 4. The third-order valence-corrected chi connectivity index (χ3v) is 7.87. The van der Waals surface area contributed by atoms with Crippen LogP contribution in [0.5, 0.6) is 0 Å². The molecule has 0 amide bonds. The van der Waals surface area contributed by atoms with Crippen LogP contribution in [0.25, 0.3) is 11.0 Å². The zero-order valence-corrected chi connectivity index (χ0v) is 21.6. The van der Waals surface area contributed by atoms with Crippen molar-refractivity contribution in [2.75, 3.05) is 13.7 Å². The quantitative estimate of drug-likeness (QED) is 0.236. The van der Waals surface area contributed by atoms with Crippen LogP contribution < -0.4 is 10.9 Å². The van der Waals surface area contributed by atoms with Gasteiger partial charge in [0.1, 0.15) is 6.61 Å². The van der Waals surface area contributed by atoms with Gasteiger partial charge in [0.25, 0.3) is 0 Å². The van der Waals surface area contributed by atoms with Gasteiger partial charge in [-0.1, -0.05) is 130 Å². The molecule has 0 spiro atoms. The SMILES string of the molecule is Cc1ccc(C2=C(c3ccc(C)cc3)[B-](c3ccc(C)cc3)(c3ccc(C)cc3)[O+](C)CC2)cc1. The smallest absolute Gasteiger partial charge is 0.377 e. The summed E-state index contributed by atoms with van der Waals surface area (Å²) in [6, 6.07) is 36.6. The molecule has 0 radical (unpaired) electrons. The first kappa shape index (κ1) is 23.4. The van der Waals surface area contributed by atoms with E-state index < -0.39 is 6.35 Å². The molecule has 176 valence electrons. The summed E-state index contributed by atoms with van der Waals surface area (Å²) in [5.74, 6) is 0. The van der Waals surface area contributed by atoms with Gasteiger partial charge < -0.3 is 4.28 Å². The fourth-order valence-electron chi connectivity index (χ4n) is 5.88. The van der Waals surface area contributed by atoms with Crippen LogP contribution in [0.3, 0.4) is 0 Å². The molecule has 4 aromatic rings. The lowest BCUT2D eigenvalue weighted by molar-refractivity contribution is 0.0582. The van der Waals surface area contributed by atoms with Crippen molar-refractivity contribution >= 4 is 28.3 Å². The predicted octanol–water partition coefficient (Wildman–Crippen LogP) is 6.72. The lowest BCUT2D eigenvalue weighted by atomic mass is 9.25. The summed E-state index contributed by atoms with van der Waals surface area (Å²) in [4.78, 5) is 0. The van der Waals surface area contributed by atoms with Crippen LogP contribution in [-0.4, -0.2) is 20.1 Å². The fourth-order valence-corrected chi connectivity index (χ4v) is 5.88. The third kappa shape index (κ3) is 4.17. The van der Waals surface area contributed by atoms with Crippen LogP contribution in [0.4, 0.5) is 0 Å². The largest absolute Gasteiger partial charge is 0.662 e. The summed E-state index contributed by atoms with van der Waals surface area (Å²) >= 11 is 0. The van der Waals surface area contributed by atoms with E-state index in [9.17, 15) is 0 Å². The number of hydrogen-bond acceptors (Lipinski definition) is 0. The van der Waals surface area contributed by atoms with E-state index in [-0.39, 0.29) is 0 Å². The minimum Gasteiger partial charge on any atom is -0.662 e. The number of hydrogen-bond donors (Lipinski definition) is 0. The summed E-state index contributed by atoms with van der Waals surface area (Å²) < 4.78 is 3.68. The minimum atomic E-state index is -1.43. The summed E-state index contributed by atoms with van der Waals surface area (Å²) in [7, 11) is 2.24. The lowest BCUT2D eigenvalue weighted by Gasteiger charge is -2.52. The zero-order valence-electron chi connectivity index (χ0n) is 21.6. The van der Waals surface area contributed by atoms with Crippen molar-refractivity contribution < 1.29 is 4.28 Å². The van der Waals surface area contributed by atoms with Crippen molar-refractivity contribution in [3.05, 3.63) is 130 Å². The van der Waals surface area contributed by atoms with Gasteiger partial charge in [-0.05, 0) is 33.3 Å². The standard InChI is InChI=1S/C33H35BO/c1-24-6-14-28(15-7-24)32-22-23-35(5)34(30-18-10-26(3)11-19-30,31-20-12-27(4)13-21-31)33(32)29-16-8-25(2)9-17-29/h6-21H,22-23H2,1-5H3. The second-order valence-corrected chi connectivity index (χ2v) is 10.4. The Bertz CT molecular complexity index is 1300. The van der Waals surface area contributed by atoms with Crippen LogP contribution in [-0.2, 0) is 4.28 Å². The molecule has 1 aliphatic heterocycles. The highest BCUT2D eigenvalue weighted by Gasteiger charge is 2.49. The monoisotopic (exact) mass is 458 g/mol. The molecule has 4 aromatic carbocycles. The summed E-state index contributed by atoms with van der Waals surface area (Å²) in [6.45, 7) is 9.60. The van der Waals surface area contributed by atoms with Gasteiger partial charge >= 0.3 is 6.35 Å². The molecule has 1 heterocycles. The van der Waals surface area contributed by atoms with Crippen LogP contribution in [0.1, 0.15) is 39.8 Å². The van der Waals surface area contributed by atoms with Crippen LogP contribution in [0.15, 0.2) is 97.1 Å². The molecule has 0 bridgehead atoms. The topological polar surface area (TPSA) is 2.70 Å². The third-order valence-electron chi connectivity index (χ3n) is 7.87. The van der Waals surface area contributed by atoms with Crippen molar-refractivity contribution in [1.29, 1.82) is 0 Å². The molecule has 0 atom stereocenters. The second-order valence-electron chi connectivity index (χ2n) is 10.4. The molecule has 35 heavy (non-hydrogen) atoms. The van der Waals surface area contributed by atoms with Gasteiger partial charge in [-0.3, -0.25) is 0 Å². The van der Waals surface area contributed by atoms with Gasteiger partial charge in [-0.2, -0.15) is 0 Å². The Hall–Kier alpha value is -3.36. The summed E-state index contributed by atoms with van der Waals surface area (Å²) in [5, 5.41) is 0. The molecule has 2 heteroatoms. The van der Waals surface area contributed by atoms with E-state index in [1.807, 2.05) is 0 Å². The molecule has 0 N–H and O–H groups in total. The fraction of sp³-hybridized carbons (Fsp3) is 0.212. The average molecular weight is 458 g/mol. The first-order chi connectivity index (χ1) is 16.9. The van der Waals surface area contributed by atoms with Gasteiger partial charge in [0.2, 0.25) is 0 Å². The molecule has 5 rings (SSSR count). The zero-order chi connectivity index (χ0) is 24.6.